The number of aryl methyl sites for hydroxylation is 1. The van der Waals surface area contributed by atoms with E-state index in [1.807, 2.05) is 23.9 Å². The molecule has 4 heteroatoms. The Bertz CT molecular complexity index is 398. The predicted molar refractivity (Wildman–Crippen MR) is 78.2 cm³/mol. The standard InChI is InChI=1S/C14H22N2OS/c1-11(6-7-12-5-4-9-17-12)15-13-16-14(2,3)8-10-18-13/h4-5,9,11H,6-8,10H2,1-3H3,(H,15,16). The maximum Gasteiger partial charge on any atom is 0.157 e. The average Bonchev–Trinajstić information content (AvgIpc) is 2.77. The molecular weight excluding hydrogens is 244 g/mol. The van der Waals surface area contributed by atoms with Crippen molar-refractivity contribution in [2.75, 3.05) is 5.75 Å². The van der Waals surface area contributed by atoms with Crippen LogP contribution in [-0.2, 0) is 6.42 Å². The van der Waals surface area contributed by atoms with E-state index < -0.39 is 0 Å². The van der Waals surface area contributed by atoms with Crippen LogP contribution in [0.2, 0.25) is 0 Å². The van der Waals surface area contributed by atoms with Crippen molar-refractivity contribution in [3.8, 4) is 0 Å². The van der Waals surface area contributed by atoms with Gasteiger partial charge in [-0.3, -0.25) is 4.99 Å². The number of hydrogen-bond donors (Lipinski definition) is 1. The second kappa shape index (κ2) is 5.83. The Labute approximate surface area is 113 Å². The Balaban J connectivity index is 1.84. The number of rotatable bonds is 4. The van der Waals surface area contributed by atoms with Gasteiger partial charge in [-0.05, 0) is 45.7 Å². The molecule has 1 aliphatic rings. The number of thioether (sulfide) groups is 1. The van der Waals surface area contributed by atoms with E-state index in [-0.39, 0.29) is 5.54 Å². The minimum atomic E-state index is 0.185. The minimum Gasteiger partial charge on any atom is -0.469 e. The van der Waals surface area contributed by atoms with E-state index in [0.717, 1.165) is 29.5 Å². The Kier molecular flexibility index (Phi) is 4.38. The quantitative estimate of drug-likeness (QED) is 0.907. The fourth-order valence-electron chi connectivity index (χ4n) is 1.93. The molecule has 1 aromatic rings. The molecule has 1 aromatic heterocycles. The van der Waals surface area contributed by atoms with Gasteiger partial charge >= 0.3 is 0 Å². The molecule has 0 bridgehead atoms. The molecule has 3 nitrogen and oxygen atoms in total. The van der Waals surface area contributed by atoms with Gasteiger partial charge in [-0.1, -0.05) is 11.8 Å². The van der Waals surface area contributed by atoms with Gasteiger partial charge in [0.25, 0.3) is 0 Å². The largest absolute Gasteiger partial charge is 0.469 e. The van der Waals surface area contributed by atoms with Crippen LogP contribution in [0.5, 0.6) is 0 Å². The Hall–Kier alpha value is -0.900. The summed E-state index contributed by atoms with van der Waals surface area (Å²) in [7, 11) is 0. The fourth-order valence-corrected chi connectivity index (χ4v) is 3.34. The molecule has 2 rings (SSSR count). The van der Waals surface area contributed by atoms with Crippen LogP contribution in [0, 0.1) is 0 Å². The molecule has 1 aliphatic heterocycles. The minimum absolute atomic E-state index is 0.185. The molecule has 1 N–H and O–H groups in total. The summed E-state index contributed by atoms with van der Waals surface area (Å²) < 4.78 is 5.34. The maximum atomic E-state index is 5.34. The molecule has 18 heavy (non-hydrogen) atoms. The predicted octanol–water partition coefficient (Wildman–Crippen LogP) is 3.46. The van der Waals surface area contributed by atoms with Crippen molar-refractivity contribution >= 4 is 16.9 Å². The molecule has 0 radical (unpaired) electrons. The highest BCUT2D eigenvalue weighted by atomic mass is 32.2. The summed E-state index contributed by atoms with van der Waals surface area (Å²) in [4.78, 5) is 4.76. The lowest BCUT2D eigenvalue weighted by molar-refractivity contribution is 0.444. The lowest BCUT2D eigenvalue weighted by atomic mass is 10.0. The van der Waals surface area contributed by atoms with E-state index >= 15 is 0 Å². The van der Waals surface area contributed by atoms with Gasteiger partial charge in [0.2, 0.25) is 0 Å². The third kappa shape index (κ3) is 4.09. The Morgan fingerprint density at radius 1 is 1.56 bits per heavy atom. The van der Waals surface area contributed by atoms with Gasteiger partial charge < -0.3 is 9.73 Å². The second-order valence-corrected chi connectivity index (χ2v) is 6.59. The van der Waals surface area contributed by atoms with Crippen LogP contribution in [0.15, 0.2) is 27.8 Å². The molecule has 0 aromatic carbocycles. The molecule has 1 fully saturated rings. The number of nitrogens with one attached hydrogen (secondary N) is 1. The van der Waals surface area contributed by atoms with Crippen LogP contribution < -0.4 is 5.32 Å². The summed E-state index contributed by atoms with van der Waals surface area (Å²) >= 11 is 1.83. The summed E-state index contributed by atoms with van der Waals surface area (Å²) in [6, 6.07) is 4.29. The van der Waals surface area contributed by atoms with Crippen molar-refractivity contribution in [1.82, 2.24) is 5.32 Å². The van der Waals surface area contributed by atoms with E-state index in [2.05, 4.69) is 26.1 Å². The molecule has 100 valence electrons. The van der Waals surface area contributed by atoms with Crippen LogP contribution in [-0.4, -0.2) is 22.5 Å². The SMILES string of the molecule is CC(CCc1ccco1)N=C1NC(C)(C)CCS1. The molecule has 2 heterocycles. The molecule has 0 spiro atoms. The number of furan rings is 1. The number of amidine groups is 1. The summed E-state index contributed by atoms with van der Waals surface area (Å²) in [5.74, 6) is 2.20. The smallest absolute Gasteiger partial charge is 0.157 e. The topological polar surface area (TPSA) is 37.5 Å². The zero-order valence-electron chi connectivity index (χ0n) is 11.4. The van der Waals surface area contributed by atoms with Crippen LogP contribution in [0.25, 0.3) is 0 Å². The van der Waals surface area contributed by atoms with Gasteiger partial charge in [-0.2, -0.15) is 0 Å². The zero-order chi connectivity index (χ0) is 13.0. The number of aliphatic imine (C=N–C) groups is 1. The van der Waals surface area contributed by atoms with Crippen molar-refractivity contribution < 1.29 is 4.42 Å². The van der Waals surface area contributed by atoms with Crippen LogP contribution >= 0.6 is 11.8 Å². The summed E-state index contributed by atoms with van der Waals surface area (Å²) in [5, 5.41) is 4.60. The normalized spacial score (nSPS) is 22.7. The van der Waals surface area contributed by atoms with Gasteiger partial charge in [0.05, 0.1) is 12.3 Å². The van der Waals surface area contributed by atoms with E-state index in [0.29, 0.717) is 6.04 Å². The molecular formula is C14H22N2OS. The first kappa shape index (κ1) is 13.5. The lowest BCUT2D eigenvalue weighted by Gasteiger charge is -2.32. The van der Waals surface area contributed by atoms with Crippen molar-refractivity contribution in [2.45, 2.75) is 51.6 Å². The van der Waals surface area contributed by atoms with Crippen molar-refractivity contribution in [3.05, 3.63) is 24.2 Å². The molecule has 0 aliphatic carbocycles. The zero-order valence-corrected chi connectivity index (χ0v) is 12.2. The summed E-state index contributed by atoms with van der Waals surface area (Å²) in [6.45, 7) is 6.63. The first-order valence-electron chi connectivity index (χ1n) is 6.56. The molecule has 1 atom stereocenters. The van der Waals surface area contributed by atoms with Gasteiger partial charge in [0.1, 0.15) is 5.76 Å². The molecule has 1 unspecified atom stereocenters. The highest BCUT2D eigenvalue weighted by Crippen LogP contribution is 2.22. The Morgan fingerprint density at radius 3 is 3.06 bits per heavy atom. The number of hydrogen-bond acceptors (Lipinski definition) is 3. The first-order valence-corrected chi connectivity index (χ1v) is 7.55. The summed E-state index contributed by atoms with van der Waals surface area (Å²) in [5.41, 5.74) is 0.185. The van der Waals surface area contributed by atoms with Crippen LogP contribution in [0.3, 0.4) is 0 Å². The van der Waals surface area contributed by atoms with Crippen LogP contribution in [0.1, 0.15) is 39.4 Å². The van der Waals surface area contributed by atoms with E-state index in [4.69, 9.17) is 9.41 Å². The monoisotopic (exact) mass is 266 g/mol. The van der Waals surface area contributed by atoms with E-state index in [1.165, 1.54) is 6.42 Å². The van der Waals surface area contributed by atoms with E-state index in [9.17, 15) is 0 Å². The highest BCUT2D eigenvalue weighted by Gasteiger charge is 2.24. The van der Waals surface area contributed by atoms with Gasteiger partial charge in [0.15, 0.2) is 5.17 Å². The van der Waals surface area contributed by atoms with E-state index in [1.54, 1.807) is 6.26 Å². The van der Waals surface area contributed by atoms with Crippen molar-refractivity contribution in [3.63, 3.8) is 0 Å². The average molecular weight is 266 g/mol. The Morgan fingerprint density at radius 2 is 2.39 bits per heavy atom. The van der Waals surface area contributed by atoms with Gasteiger partial charge in [-0.15, -0.1) is 0 Å². The molecule has 1 saturated heterocycles. The first-order chi connectivity index (χ1) is 8.55. The van der Waals surface area contributed by atoms with Crippen molar-refractivity contribution in [2.24, 2.45) is 4.99 Å². The molecule has 0 saturated carbocycles. The summed E-state index contributed by atoms with van der Waals surface area (Å²) in [6.07, 6.45) is 4.91. The lowest BCUT2D eigenvalue weighted by Crippen LogP contribution is -2.46. The van der Waals surface area contributed by atoms with Crippen LogP contribution in [0.4, 0.5) is 0 Å². The second-order valence-electron chi connectivity index (χ2n) is 5.51. The fraction of sp³-hybridized carbons (Fsp3) is 0.643. The highest BCUT2D eigenvalue weighted by molar-refractivity contribution is 8.13. The maximum absolute atomic E-state index is 5.34. The van der Waals surface area contributed by atoms with Gasteiger partial charge in [-0.25, -0.2) is 0 Å². The number of nitrogens with zero attached hydrogens (tertiary/aromatic N) is 1. The third-order valence-electron chi connectivity index (χ3n) is 3.14. The van der Waals surface area contributed by atoms with Gasteiger partial charge in [0, 0.05) is 17.7 Å². The molecule has 0 amide bonds. The third-order valence-corrected chi connectivity index (χ3v) is 4.03. The van der Waals surface area contributed by atoms with Crippen molar-refractivity contribution in [1.29, 1.82) is 0 Å².